The Morgan fingerprint density at radius 2 is 1.95 bits per heavy atom. The summed E-state index contributed by atoms with van der Waals surface area (Å²) in [5.41, 5.74) is 2.15. The molecule has 2 nitrogen and oxygen atoms in total. The molecule has 21 heavy (non-hydrogen) atoms. The predicted molar refractivity (Wildman–Crippen MR) is 87.1 cm³/mol. The van der Waals surface area contributed by atoms with Crippen molar-refractivity contribution in [1.82, 2.24) is 0 Å². The summed E-state index contributed by atoms with van der Waals surface area (Å²) in [5, 5.41) is 10.9. The minimum absolute atomic E-state index is 0.137. The maximum Gasteiger partial charge on any atom is 0.125 e. The molecule has 0 radical (unpaired) electrons. The van der Waals surface area contributed by atoms with Gasteiger partial charge in [0.25, 0.3) is 0 Å². The molecule has 1 heterocycles. The maximum absolute atomic E-state index is 10.9. The van der Waals surface area contributed by atoms with Gasteiger partial charge in [0, 0.05) is 22.1 Å². The van der Waals surface area contributed by atoms with Crippen LogP contribution in [0.3, 0.4) is 0 Å². The first-order valence-corrected chi connectivity index (χ1v) is 8.41. The van der Waals surface area contributed by atoms with Crippen LogP contribution in [0.2, 0.25) is 0 Å². The maximum atomic E-state index is 10.9. The molecule has 2 unspecified atom stereocenters. The number of fused-ring (bicyclic) bond motifs is 1. The lowest BCUT2D eigenvalue weighted by Gasteiger charge is -2.21. The molecule has 3 rings (SSSR count). The Labute approximate surface area is 130 Å². The van der Waals surface area contributed by atoms with Crippen LogP contribution in [0.15, 0.2) is 53.4 Å². The second-order valence-electron chi connectivity index (χ2n) is 5.29. The lowest BCUT2D eigenvalue weighted by molar-refractivity contribution is 0.148. The van der Waals surface area contributed by atoms with Crippen molar-refractivity contribution in [1.29, 1.82) is 0 Å². The first-order chi connectivity index (χ1) is 10.3. The molecule has 1 N–H and O–H groups in total. The van der Waals surface area contributed by atoms with Gasteiger partial charge in [-0.1, -0.05) is 43.3 Å². The first kappa shape index (κ1) is 14.5. The quantitative estimate of drug-likeness (QED) is 0.887. The molecular weight excluding hydrogens is 280 g/mol. The molecular formula is C18H20O2S. The van der Waals surface area contributed by atoms with Crippen molar-refractivity contribution in [2.45, 2.75) is 30.3 Å². The van der Waals surface area contributed by atoms with E-state index in [1.54, 1.807) is 0 Å². The number of ether oxygens (including phenoxy) is 1. The molecule has 1 aliphatic heterocycles. The summed E-state index contributed by atoms with van der Waals surface area (Å²) < 4.78 is 5.79. The van der Waals surface area contributed by atoms with Gasteiger partial charge in [0.15, 0.2) is 0 Å². The van der Waals surface area contributed by atoms with Gasteiger partial charge in [0.05, 0.1) is 12.7 Å². The molecule has 0 aliphatic carbocycles. The molecule has 0 bridgehead atoms. The van der Waals surface area contributed by atoms with E-state index in [1.165, 1.54) is 10.5 Å². The number of para-hydroxylation sites is 1. The number of hydrogen-bond acceptors (Lipinski definition) is 3. The Morgan fingerprint density at radius 3 is 2.81 bits per heavy atom. The average molecular weight is 300 g/mol. The molecule has 0 aromatic heterocycles. The number of aliphatic hydroxyl groups is 1. The van der Waals surface area contributed by atoms with Gasteiger partial charge >= 0.3 is 0 Å². The van der Waals surface area contributed by atoms with Gasteiger partial charge in [0.1, 0.15) is 5.75 Å². The topological polar surface area (TPSA) is 29.5 Å². The smallest absolute Gasteiger partial charge is 0.125 e. The van der Waals surface area contributed by atoms with Gasteiger partial charge in [0.2, 0.25) is 0 Å². The van der Waals surface area contributed by atoms with Gasteiger partial charge < -0.3 is 9.84 Å². The van der Waals surface area contributed by atoms with Crippen LogP contribution in [0, 0.1) is 0 Å². The SMILES string of the molecule is CCCOc1ccccc1C(O)C1CSc2ccccc21. The van der Waals surface area contributed by atoms with Crippen LogP contribution in [-0.2, 0) is 0 Å². The fourth-order valence-corrected chi connectivity index (χ4v) is 4.02. The number of hydrogen-bond donors (Lipinski definition) is 1. The minimum atomic E-state index is -0.519. The van der Waals surface area contributed by atoms with Gasteiger partial charge in [-0.3, -0.25) is 0 Å². The molecule has 2 aromatic carbocycles. The third kappa shape index (κ3) is 2.94. The van der Waals surface area contributed by atoms with Crippen molar-refractivity contribution in [2.24, 2.45) is 0 Å². The standard InChI is InChI=1S/C18H20O2S/c1-2-11-20-16-9-5-3-8-14(16)18(19)15-12-21-17-10-6-4-7-13(15)17/h3-10,15,18-19H,2,11-12H2,1H3. The summed E-state index contributed by atoms with van der Waals surface area (Å²) in [4.78, 5) is 1.29. The van der Waals surface area contributed by atoms with Crippen LogP contribution in [0.5, 0.6) is 5.75 Å². The second-order valence-corrected chi connectivity index (χ2v) is 6.35. The molecule has 0 fully saturated rings. The lowest BCUT2D eigenvalue weighted by atomic mass is 9.90. The average Bonchev–Trinajstić information content (AvgIpc) is 2.96. The Kier molecular flexibility index (Phi) is 4.51. The number of thioether (sulfide) groups is 1. The highest BCUT2D eigenvalue weighted by atomic mass is 32.2. The highest BCUT2D eigenvalue weighted by Gasteiger charge is 2.31. The summed E-state index contributed by atoms with van der Waals surface area (Å²) in [6.07, 6.45) is 0.446. The van der Waals surface area contributed by atoms with Crippen molar-refractivity contribution in [3.63, 3.8) is 0 Å². The van der Waals surface area contributed by atoms with Crippen molar-refractivity contribution in [2.75, 3.05) is 12.4 Å². The van der Waals surface area contributed by atoms with Crippen LogP contribution in [0.4, 0.5) is 0 Å². The normalized spacial score (nSPS) is 18.3. The van der Waals surface area contributed by atoms with E-state index >= 15 is 0 Å². The van der Waals surface area contributed by atoms with Crippen LogP contribution < -0.4 is 4.74 Å². The molecule has 0 amide bonds. The Bertz CT molecular complexity index is 612. The van der Waals surface area contributed by atoms with Gasteiger partial charge in [-0.2, -0.15) is 0 Å². The van der Waals surface area contributed by atoms with E-state index in [-0.39, 0.29) is 5.92 Å². The first-order valence-electron chi connectivity index (χ1n) is 7.42. The molecule has 0 saturated heterocycles. The zero-order chi connectivity index (χ0) is 14.7. The van der Waals surface area contributed by atoms with Crippen molar-refractivity contribution in [3.05, 3.63) is 59.7 Å². The van der Waals surface area contributed by atoms with Gasteiger partial charge in [-0.05, 0) is 24.1 Å². The fourth-order valence-electron chi connectivity index (χ4n) is 2.73. The Morgan fingerprint density at radius 1 is 1.19 bits per heavy atom. The number of rotatable bonds is 5. The van der Waals surface area contributed by atoms with E-state index in [9.17, 15) is 5.11 Å². The van der Waals surface area contributed by atoms with Crippen LogP contribution in [-0.4, -0.2) is 17.5 Å². The molecule has 2 aromatic rings. The summed E-state index contributed by atoms with van der Waals surface area (Å²) >= 11 is 1.82. The Hall–Kier alpha value is -1.45. The molecule has 3 heteroatoms. The largest absolute Gasteiger partial charge is 0.493 e. The third-order valence-electron chi connectivity index (χ3n) is 3.82. The van der Waals surface area contributed by atoms with Crippen LogP contribution in [0.25, 0.3) is 0 Å². The second kappa shape index (κ2) is 6.54. The molecule has 0 saturated carbocycles. The summed E-state index contributed by atoms with van der Waals surface area (Å²) in [6, 6.07) is 16.2. The van der Waals surface area contributed by atoms with E-state index in [0.29, 0.717) is 6.61 Å². The number of benzene rings is 2. The molecule has 0 spiro atoms. The zero-order valence-electron chi connectivity index (χ0n) is 12.2. The van der Waals surface area contributed by atoms with Crippen LogP contribution in [0.1, 0.15) is 36.5 Å². The van der Waals surface area contributed by atoms with Crippen molar-refractivity contribution in [3.8, 4) is 5.75 Å². The third-order valence-corrected chi connectivity index (χ3v) is 5.03. The van der Waals surface area contributed by atoms with E-state index in [0.717, 1.165) is 23.5 Å². The van der Waals surface area contributed by atoms with Crippen molar-refractivity contribution >= 4 is 11.8 Å². The van der Waals surface area contributed by atoms with E-state index in [4.69, 9.17) is 4.74 Å². The van der Waals surface area contributed by atoms with Crippen LogP contribution >= 0.6 is 11.8 Å². The zero-order valence-corrected chi connectivity index (χ0v) is 13.0. The Balaban J connectivity index is 1.88. The van der Waals surface area contributed by atoms with E-state index in [1.807, 2.05) is 42.1 Å². The summed E-state index contributed by atoms with van der Waals surface area (Å²) in [6.45, 7) is 2.77. The molecule has 110 valence electrons. The summed E-state index contributed by atoms with van der Waals surface area (Å²) in [7, 11) is 0. The monoisotopic (exact) mass is 300 g/mol. The van der Waals surface area contributed by atoms with Crippen molar-refractivity contribution < 1.29 is 9.84 Å². The van der Waals surface area contributed by atoms with E-state index < -0.39 is 6.10 Å². The lowest BCUT2D eigenvalue weighted by Crippen LogP contribution is -2.12. The highest BCUT2D eigenvalue weighted by Crippen LogP contribution is 2.46. The molecule has 2 atom stereocenters. The van der Waals surface area contributed by atoms with Gasteiger partial charge in [-0.25, -0.2) is 0 Å². The van der Waals surface area contributed by atoms with E-state index in [2.05, 4.69) is 25.1 Å². The molecule has 1 aliphatic rings. The van der Waals surface area contributed by atoms with Gasteiger partial charge in [-0.15, -0.1) is 11.8 Å². The number of aliphatic hydroxyl groups excluding tert-OH is 1. The summed E-state index contributed by atoms with van der Waals surface area (Å²) in [5.74, 6) is 1.86. The fraction of sp³-hybridized carbons (Fsp3) is 0.333. The minimum Gasteiger partial charge on any atom is -0.493 e. The predicted octanol–water partition coefficient (Wildman–Crippen LogP) is 4.40. The highest BCUT2D eigenvalue weighted by molar-refractivity contribution is 7.99.